The standard InChI is InChI=1S/C13H19N5O3/c1-10-14-5-6-17(10)7-8-18-11(4-9-20-2)12(15-16-18)13(19)21-3/h5-6H,4,7-9H2,1-3H3. The summed E-state index contributed by atoms with van der Waals surface area (Å²) < 4.78 is 13.5. The highest BCUT2D eigenvalue weighted by atomic mass is 16.5. The Bertz CT molecular complexity index is 605. The van der Waals surface area contributed by atoms with Gasteiger partial charge in [-0.2, -0.15) is 0 Å². The lowest BCUT2D eigenvalue weighted by Gasteiger charge is -2.09. The van der Waals surface area contributed by atoms with Crippen molar-refractivity contribution in [2.24, 2.45) is 0 Å². The Hall–Kier alpha value is -2.22. The molecule has 21 heavy (non-hydrogen) atoms. The van der Waals surface area contributed by atoms with Crippen LogP contribution < -0.4 is 0 Å². The number of carbonyl (C=O) groups excluding carboxylic acids is 1. The fourth-order valence-corrected chi connectivity index (χ4v) is 2.06. The van der Waals surface area contributed by atoms with Crippen molar-refractivity contribution in [1.29, 1.82) is 0 Å². The molecule has 0 saturated carbocycles. The molecular weight excluding hydrogens is 274 g/mol. The Labute approximate surface area is 122 Å². The van der Waals surface area contributed by atoms with E-state index >= 15 is 0 Å². The maximum atomic E-state index is 11.7. The van der Waals surface area contributed by atoms with E-state index in [4.69, 9.17) is 9.47 Å². The number of aromatic nitrogens is 5. The van der Waals surface area contributed by atoms with Gasteiger partial charge in [-0.25, -0.2) is 14.5 Å². The van der Waals surface area contributed by atoms with E-state index in [0.717, 1.165) is 11.5 Å². The first-order chi connectivity index (χ1) is 10.2. The predicted octanol–water partition coefficient (Wildman–Crippen LogP) is 0.459. The SMILES string of the molecule is COCCc1c(C(=O)OC)nnn1CCn1ccnc1C. The highest BCUT2D eigenvalue weighted by molar-refractivity contribution is 5.88. The van der Waals surface area contributed by atoms with Gasteiger partial charge in [-0.1, -0.05) is 5.21 Å². The van der Waals surface area contributed by atoms with Crippen molar-refractivity contribution in [2.75, 3.05) is 20.8 Å². The van der Waals surface area contributed by atoms with E-state index in [1.54, 1.807) is 18.0 Å². The molecule has 2 aromatic rings. The van der Waals surface area contributed by atoms with Gasteiger partial charge in [-0.15, -0.1) is 5.10 Å². The summed E-state index contributed by atoms with van der Waals surface area (Å²) in [4.78, 5) is 15.9. The molecular formula is C13H19N5O3. The third-order valence-corrected chi connectivity index (χ3v) is 3.24. The minimum atomic E-state index is -0.480. The summed E-state index contributed by atoms with van der Waals surface area (Å²) in [6.07, 6.45) is 4.21. The Morgan fingerprint density at radius 1 is 1.33 bits per heavy atom. The lowest BCUT2D eigenvalue weighted by Crippen LogP contribution is -2.15. The van der Waals surface area contributed by atoms with Crippen LogP contribution in [-0.2, 0) is 29.0 Å². The van der Waals surface area contributed by atoms with Crippen LogP contribution in [0.4, 0.5) is 0 Å². The maximum Gasteiger partial charge on any atom is 0.360 e. The highest BCUT2D eigenvalue weighted by Gasteiger charge is 2.19. The van der Waals surface area contributed by atoms with Crippen LogP contribution in [-0.4, -0.2) is 51.3 Å². The first-order valence-corrected chi connectivity index (χ1v) is 6.64. The Morgan fingerprint density at radius 2 is 2.14 bits per heavy atom. The smallest absolute Gasteiger partial charge is 0.360 e. The molecule has 0 fully saturated rings. The van der Waals surface area contributed by atoms with Crippen LogP contribution in [0.3, 0.4) is 0 Å². The molecule has 0 aliphatic rings. The number of rotatable bonds is 7. The quantitative estimate of drug-likeness (QED) is 0.690. The van der Waals surface area contributed by atoms with Gasteiger partial charge in [-0.3, -0.25) is 0 Å². The topological polar surface area (TPSA) is 84.1 Å². The fourth-order valence-electron chi connectivity index (χ4n) is 2.06. The molecule has 0 spiro atoms. The molecule has 0 amide bonds. The maximum absolute atomic E-state index is 11.7. The van der Waals surface area contributed by atoms with Crippen LogP contribution in [0, 0.1) is 6.92 Å². The number of methoxy groups -OCH3 is 2. The molecule has 0 unspecified atom stereocenters. The highest BCUT2D eigenvalue weighted by Crippen LogP contribution is 2.09. The normalized spacial score (nSPS) is 10.8. The summed E-state index contributed by atoms with van der Waals surface area (Å²) in [6, 6.07) is 0. The van der Waals surface area contributed by atoms with Crippen LogP contribution in [0.5, 0.6) is 0 Å². The van der Waals surface area contributed by atoms with E-state index in [1.165, 1.54) is 7.11 Å². The van der Waals surface area contributed by atoms with Gasteiger partial charge in [0.15, 0.2) is 5.69 Å². The van der Waals surface area contributed by atoms with Crippen LogP contribution in [0.1, 0.15) is 22.0 Å². The summed E-state index contributed by atoms with van der Waals surface area (Å²) in [6.45, 7) is 3.73. The van der Waals surface area contributed by atoms with Crippen molar-refractivity contribution in [1.82, 2.24) is 24.5 Å². The van der Waals surface area contributed by atoms with Gasteiger partial charge in [0.25, 0.3) is 0 Å². The van der Waals surface area contributed by atoms with Gasteiger partial charge in [-0.05, 0) is 6.92 Å². The molecule has 8 heteroatoms. The fraction of sp³-hybridized carbons (Fsp3) is 0.538. The molecule has 2 rings (SSSR count). The monoisotopic (exact) mass is 293 g/mol. The van der Waals surface area contributed by atoms with E-state index in [9.17, 15) is 4.79 Å². The Balaban J connectivity index is 2.16. The van der Waals surface area contributed by atoms with E-state index in [-0.39, 0.29) is 5.69 Å². The lowest BCUT2D eigenvalue weighted by molar-refractivity contribution is 0.0592. The van der Waals surface area contributed by atoms with Crippen LogP contribution >= 0.6 is 0 Å². The van der Waals surface area contributed by atoms with Crippen molar-refractivity contribution in [3.05, 3.63) is 29.6 Å². The van der Waals surface area contributed by atoms with Crippen molar-refractivity contribution < 1.29 is 14.3 Å². The number of ether oxygens (including phenoxy) is 2. The van der Waals surface area contributed by atoms with Gasteiger partial charge in [0.05, 0.1) is 26.0 Å². The molecule has 2 heterocycles. The molecule has 0 aliphatic heterocycles. The minimum Gasteiger partial charge on any atom is -0.464 e. The number of nitrogens with zero attached hydrogens (tertiary/aromatic N) is 5. The third kappa shape index (κ3) is 3.46. The van der Waals surface area contributed by atoms with E-state index in [1.807, 2.05) is 17.7 Å². The number of aryl methyl sites for hydroxylation is 3. The molecule has 0 radical (unpaired) electrons. The zero-order valence-electron chi connectivity index (χ0n) is 12.4. The van der Waals surface area contributed by atoms with Crippen LogP contribution in [0.2, 0.25) is 0 Å². The van der Waals surface area contributed by atoms with Gasteiger partial charge in [0.2, 0.25) is 0 Å². The van der Waals surface area contributed by atoms with Gasteiger partial charge in [0.1, 0.15) is 5.82 Å². The van der Waals surface area contributed by atoms with E-state index in [2.05, 4.69) is 15.3 Å². The molecule has 0 aliphatic carbocycles. The summed E-state index contributed by atoms with van der Waals surface area (Å²) in [5, 5.41) is 7.96. The molecule has 0 saturated heterocycles. The molecule has 2 aromatic heterocycles. The van der Waals surface area contributed by atoms with Crippen LogP contribution in [0.25, 0.3) is 0 Å². The summed E-state index contributed by atoms with van der Waals surface area (Å²) in [5.74, 6) is 0.452. The van der Waals surface area contributed by atoms with Crippen molar-refractivity contribution in [2.45, 2.75) is 26.4 Å². The molecule has 0 bridgehead atoms. The van der Waals surface area contributed by atoms with Gasteiger partial charge in [0, 0.05) is 32.5 Å². The second-order valence-corrected chi connectivity index (χ2v) is 4.51. The first kappa shape index (κ1) is 15.2. The zero-order valence-corrected chi connectivity index (χ0v) is 12.4. The predicted molar refractivity (Wildman–Crippen MR) is 73.9 cm³/mol. The van der Waals surface area contributed by atoms with E-state index in [0.29, 0.717) is 26.1 Å². The zero-order chi connectivity index (χ0) is 15.2. The molecule has 8 nitrogen and oxygen atoms in total. The third-order valence-electron chi connectivity index (χ3n) is 3.24. The molecule has 0 N–H and O–H groups in total. The summed E-state index contributed by atoms with van der Waals surface area (Å²) in [7, 11) is 2.94. The Morgan fingerprint density at radius 3 is 2.76 bits per heavy atom. The lowest BCUT2D eigenvalue weighted by atomic mass is 10.2. The number of carbonyl (C=O) groups is 1. The second-order valence-electron chi connectivity index (χ2n) is 4.51. The molecule has 0 aromatic carbocycles. The average Bonchev–Trinajstić information content (AvgIpc) is 3.08. The minimum absolute atomic E-state index is 0.247. The molecule has 0 atom stereocenters. The number of hydrogen-bond donors (Lipinski definition) is 0. The first-order valence-electron chi connectivity index (χ1n) is 6.64. The number of imidazole rings is 1. The van der Waals surface area contributed by atoms with Gasteiger partial charge < -0.3 is 14.0 Å². The van der Waals surface area contributed by atoms with Gasteiger partial charge >= 0.3 is 5.97 Å². The number of hydrogen-bond acceptors (Lipinski definition) is 6. The van der Waals surface area contributed by atoms with E-state index < -0.39 is 5.97 Å². The molecule has 114 valence electrons. The van der Waals surface area contributed by atoms with Crippen molar-refractivity contribution >= 4 is 5.97 Å². The average molecular weight is 293 g/mol. The second kappa shape index (κ2) is 6.98. The van der Waals surface area contributed by atoms with Crippen molar-refractivity contribution in [3.63, 3.8) is 0 Å². The number of esters is 1. The van der Waals surface area contributed by atoms with Crippen molar-refractivity contribution in [3.8, 4) is 0 Å². The Kier molecular flexibility index (Phi) is 5.04. The van der Waals surface area contributed by atoms with Crippen LogP contribution in [0.15, 0.2) is 12.4 Å². The summed E-state index contributed by atoms with van der Waals surface area (Å²) in [5.41, 5.74) is 0.971. The summed E-state index contributed by atoms with van der Waals surface area (Å²) >= 11 is 0. The largest absolute Gasteiger partial charge is 0.464 e.